The van der Waals surface area contributed by atoms with Crippen molar-refractivity contribution in [1.82, 2.24) is 9.38 Å². The Morgan fingerprint density at radius 2 is 2.41 bits per heavy atom. The third-order valence-electron chi connectivity index (χ3n) is 3.36. The molecule has 0 bridgehead atoms. The van der Waals surface area contributed by atoms with Crippen LogP contribution in [-0.2, 0) is 11.2 Å². The van der Waals surface area contributed by atoms with Crippen molar-refractivity contribution in [3.8, 4) is 0 Å². The number of nitrogens with two attached hydrogens (primary N) is 1. The number of imidazole rings is 1. The molecule has 0 spiro atoms. The van der Waals surface area contributed by atoms with E-state index in [9.17, 15) is 0 Å². The third kappa shape index (κ3) is 2.00. The van der Waals surface area contributed by atoms with Crippen LogP contribution in [0, 0.1) is 0 Å². The van der Waals surface area contributed by atoms with E-state index < -0.39 is 0 Å². The fraction of sp³-hybridized carbons (Fsp3) is 0.462. The van der Waals surface area contributed by atoms with Crippen molar-refractivity contribution in [3.63, 3.8) is 0 Å². The van der Waals surface area contributed by atoms with Gasteiger partial charge in [0.05, 0.1) is 23.5 Å². The third-order valence-corrected chi connectivity index (χ3v) is 3.36. The zero-order valence-corrected chi connectivity index (χ0v) is 9.80. The molecule has 1 atom stereocenters. The molecule has 3 rings (SSSR count). The van der Waals surface area contributed by atoms with Crippen LogP contribution in [0.15, 0.2) is 24.5 Å². The van der Waals surface area contributed by atoms with Gasteiger partial charge in [-0.3, -0.25) is 0 Å². The summed E-state index contributed by atoms with van der Waals surface area (Å²) in [6.07, 6.45) is 8.62. The maximum Gasteiger partial charge on any atom is 0.115 e. The van der Waals surface area contributed by atoms with Gasteiger partial charge in [0, 0.05) is 19.2 Å². The number of rotatable bonds is 2. The number of nitrogens with zero attached hydrogens (tertiary/aromatic N) is 2. The minimum Gasteiger partial charge on any atom is -0.397 e. The topological polar surface area (TPSA) is 52.5 Å². The van der Waals surface area contributed by atoms with E-state index in [1.807, 2.05) is 24.5 Å². The van der Waals surface area contributed by atoms with Crippen LogP contribution in [0.3, 0.4) is 0 Å². The monoisotopic (exact) mass is 231 g/mol. The minimum atomic E-state index is 0.316. The molecule has 90 valence electrons. The highest BCUT2D eigenvalue weighted by atomic mass is 16.5. The molecule has 1 unspecified atom stereocenters. The van der Waals surface area contributed by atoms with Crippen molar-refractivity contribution in [3.05, 3.63) is 30.4 Å². The van der Waals surface area contributed by atoms with Gasteiger partial charge in [-0.2, -0.15) is 0 Å². The van der Waals surface area contributed by atoms with Gasteiger partial charge >= 0.3 is 0 Å². The fourth-order valence-electron chi connectivity index (χ4n) is 2.42. The van der Waals surface area contributed by atoms with Gasteiger partial charge in [0.15, 0.2) is 0 Å². The molecule has 0 aliphatic carbocycles. The van der Waals surface area contributed by atoms with E-state index in [4.69, 9.17) is 10.5 Å². The lowest BCUT2D eigenvalue weighted by Crippen LogP contribution is -2.22. The molecule has 1 aliphatic rings. The Labute approximate surface area is 100 Å². The SMILES string of the molecule is Nc1cccn2c(CC3CCCCO3)ncc12. The summed E-state index contributed by atoms with van der Waals surface area (Å²) in [6.45, 7) is 0.885. The average molecular weight is 231 g/mol. The van der Waals surface area contributed by atoms with Crippen LogP contribution in [0.5, 0.6) is 0 Å². The van der Waals surface area contributed by atoms with Crippen LogP contribution in [0.1, 0.15) is 25.1 Å². The predicted octanol–water partition coefficient (Wildman–Crippen LogP) is 2.03. The predicted molar refractivity (Wildman–Crippen MR) is 66.9 cm³/mol. The molecule has 2 aromatic rings. The number of fused-ring (bicyclic) bond motifs is 1. The van der Waals surface area contributed by atoms with Gasteiger partial charge in [-0.15, -0.1) is 0 Å². The first-order chi connectivity index (χ1) is 8.34. The van der Waals surface area contributed by atoms with Gasteiger partial charge in [-0.1, -0.05) is 0 Å². The van der Waals surface area contributed by atoms with E-state index in [1.54, 1.807) is 0 Å². The van der Waals surface area contributed by atoms with Crippen LogP contribution in [0.2, 0.25) is 0 Å². The first-order valence-corrected chi connectivity index (χ1v) is 6.16. The van der Waals surface area contributed by atoms with Crippen molar-refractivity contribution >= 4 is 11.2 Å². The van der Waals surface area contributed by atoms with E-state index in [2.05, 4.69) is 9.38 Å². The smallest absolute Gasteiger partial charge is 0.115 e. The van der Waals surface area contributed by atoms with Gasteiger partial charge in [-0.05, 0) is 31.4 Å². The van der Waals surface area contributed by atoms with Crippen molar-refractivity contribution in [2.75, 3.05) is 12.3 Å². The summed E-state index contributed by atoms with van der Waals surface area (Å²) in [5.74, 6) is 1.04. The maximum absolute atomic E-state index is 5.91. The molecule has 0 aromatic carbocycles. The van der Waals surface area contributed by atoms with E-state index in [1.165, 1.54) is 12.8 Å². The normalized spacial score (nSPS) is 20.8. The molecular weight excluding hydrogens is 214 g/mol. The van der Waals surface area contributed by atoms with Gasteiger partial charge in [-0.25, -0.2) is 4.98 Å². The minimum absolute atomic E-state index is 0.316. The second-order valence-electron chi connectivity index (χ2n) is 4.59. The second-order valence-corrected chi connectivity index (χ2v) is 4.59. The molecule has 2 aromatic heterocycles. The summed E-state index contributed by atoms with van der Waals surface area (Å²) in [4.78, 5) is 4.45. The lowest BCUT2D eigenvalue weighted by Gasteiger charge is -2.21. The molecule has 0 amide bonds. The lowest BCUT2D eigenvalue weighted by molar-refractivity contribution is 0.0156. The van der Waals surface area contributed by atoms with Crippen LogP contribution >= 0.6 is 0 Å². The zero-order valence-electron chi connectivity index (χ0n) is 9.80. The number of nitrogen functional groups attached to an aromatic ring is 1. The molecular formula is C13H17N3O. The highest BCUT2D eigenvalue weighted by molar-refractivity contribution is 5.68. The molecule has 0 radical (unpaired) electrons. The van der Waals surface area contributed by atoms with Gasteiger partial charge < -0.3 is 14.9 Å². The molecule has 4 nitrogen and oxygen atoms in total. The Bertz CT molecular complexity index is 514. The van der Waals surface area contributed by atoms with Gasteiger partial charge in [0.1, 0.15) is 5.82 Å². The Balaban J connectivity index is 1.87. The Kier molecular flexibility index (Phi) is 2.73. The summed E-state index contributed by atoms with van der Waals surface area (Å²) in [7, 11) is 0. The summed E-state index contributed by atoms with van der Waals surface area (Å²) in [5, 5.41) is 0. The summed E-state index contributed by atoms with van der Waals surface area (Å²) in [6, 6.07) is 3.85. The van der Waals surface area contributed by atoms with Crippen molar-refractivity contribution < 1.29 is 4.74 Å². The molecule has 1 fully saturated rings. The maximum atomic E-state index is 5.91. The van der Waals surface area contributed by atoms with Crippen LogP contribution in [0.25, 0.3) is 5.52 Å². The first-order valence-electron chi connectivity index (χ1n) is 6.16. The fourth-order valence-corrected chi connectivity index (χ4v) is 2.42. The first kappa shape index (κ1) is 10.6. The van der Waals surface area contributed by atoms with Crippen LogP contribution in [0.4, 0.5) is 5.69 Å². The molecule has 1 saturated heterocycles. The van der Waals surface area contributed by atoms with Crippen molar-refractivity contribution in [2.45, 2.75) is 31.8 Å². The van der Waals surface area contributed by atoms with Crippen LogP contribution < -0.4 is 5.73 Å². The largest absolute Gasteiger partial charge is 0.397 e. The lowest BCUT2D eigenvalue weighted by atomic mass is 10.1. The van der Waals surface area contributed by atoms with Crippen LogP contribution in [-0.4, -0.2) is 22.1 Å². The summed E-state index contributed by atoms with van der Waals surface area (Å²) >= 11 is 0. The number of anilines is 1. The number of hydrogen-bond donors (Lipinski definition) is 1. The standard InChI is InChI=1S/C13H17N3O/c14-11-5-3-6-16-12(11)9-15-13(16)8-10-4-1-2-7-17-10/h3,5-6,9-10H,1-2,4,7-8,14H2. The zero-order chi connectivity index (χ0) is 11.7. The highest BCUT2D eigenvalue weighted by Gasteiger charge is 2.17. The number of aromatic nitrogens is 2. The van der Waals surface area contributed by atoms with Gasteiger partial charge in [0.2, 0.25) is 0 Å². The van der Waals surface area contributed by atoms with Crippen molar-refractivity contribution in [1.29, 1.82) is 0 Å². The van der Waals surface area contributed by atoms with Gasteiger partial charge in [0.25, 0.3) is 0 Å². The quantitative estimate of drug-likeness (QED) is 0.860. The second kappa shape index (κ2) is 4.37. The molecule has 0 saturated carbocycles. The molecule has 4 heteroatoms. The number of ether oxygens (including phenoxy) is 1. The summed E-state index contributed by atoms with van der Waals surface area (Å²) in [5.41, 5.74) is 7.67. The van der Waals surface area contributed by atoms with E-state index >= 15 is 0 Å². The van der Waals surface area contributed by atoms with Crippen molar-refractivity contribution in [2.24, 2.45) is 0 Å². The van der Waals surface area contributed by atoms with E-state index in [0.717, 1.165) is 36.5 Å². The van der Waals surface area contributed by atoms with E-state index in [0.29, 0.717) is 6.10 Å². The van der Waals surface area contributed by atoms with E-state index in [-0.39, 0.29) is 0 Å². The number of pyridine rings is 1. The average Bonchev–Trinajstić information content (AvgIpc) is 2.76. The highest BCUT2D eigenvalue weighted by Crippen LogP contribution is 2.19. The molecule has 2 N–H and O–H groups in total. The molecule has 1 aliphatic heterocycles. The molecule has 3 heterocycles. The summed E-state index contributed by atoms with van der Waals surface area (Å²) < 4.78 is 7.81. The Morgan fingerprint density at radius 1 is 1.47 bits per heavy atom. The Hall–Kier alpha value is -1.55. The molecule has 17 heavy (non-hydrogen) atoms. The number of hydrogen-bond acceptors (Lipinski definition) is 3. The Morgan fingerprint density at radius 3 is 3.24 bits per heavy atom.